The zero-order valence-corrected chi connectivity index (χ0v) is 13.3. The van der Waals surface area contributed by atoms with E-state index in [9.17, 15) is 22.8 Å². The number of rotatable bonds is 4. The summed E-state index contributed by atoms with van der Waals surface area (Å²) in [6.45, 7) is 0.657. The van der Waals surface area contributed by atoms with E-state index >= 15 is 0 Å². The highest BCUT2D eigenvalue weighted by atomic mass is 19.4. The number of benzene rings is 1. The first kappa shape index (κ1) is 17.6. The Balaban J connectivity index is 1.68. The van der Waals surface area contributed by atoms with Crippen LogP contribution < -0.4 is 4.74 Å². The summed E-state index contributed by atoms with van der Waals surface area (Å²) in [5.41, 5.74) is 0.366. The van der Waals surface area contributed by atoms with Crippen LogP contribution in [0, 0.1) is 11.8 Å². The molecule has 136 valence electrons. The van der Waals surface area contributed by atoms with E-state index in [0.717, 1.165) is 0 Å². The first-order valence-corrected chi connectivity index (χ1v) is 8.12. The van der Waals surface area contributed by atoms with Gasteiger partial charge in [0.2, 0.25) is 5.91 Å². The van der Waals surface area contributed by atoms with Crippen LogP contribution in [-0.2, 0) is 9.59 Å². The molecule has 1 amide bonds. The Morgan fingerprint density at radius 3 is 2.64 bits per heavy atom. The fourth-order valence-corrected chi connectivity index (χ4v) is 3.43. The molecule has 3 rings (SSSR count). The van der Waals surface area contributed by atoms with Gasteiger partial charge in [-0.05, 0) is 36.8 Å². The minimum atomic E-state index is -4.79. The summed E-state index contributed by atoms with van der Waals surface area (Å²) >= 11 is 0. The monoisotopic (exact) mass is 357 g/mol. The highest BCUT2D eigenvalue weighted by Crippen LogP contribution is 2.52. The summed E-state index contributed by atoms with van der Waals surface area (Å²) in [4.78, 5) is 25.2. The zero-order chi connectivity index (χ0) is 18.2. The van der Waals surface area contributed by atoms with E-state index in [2.05, 4.69) is 4.74 Å². The van der Waals surface area contributed by atoms with Gasteiger partial charge in [0.05, 0.1) is 5.92 Å². The molecule has 1 heterocycles. The number of hydrogen-bond donors (Lipinski definition) is 1. The second kappa shape index (κ2) is 6.57. The van der Waals surface area contributed by atoms with Crippen LogP contribution in [0.1, 0.15) is 30.7 Å². The SMILES string of the molecule is O=C(O)C1CCCN(C(=O)C2CC2c2ccccc2OC(F)(F)F)C1. The Morgan fingerprint density at radius 1 is 1.24 bits per heavy atom. The minimum absolute atomic E-state index is 0.165. The number of carboxylic acids is 1. The average Bonchev–Trinajstić information content (AvgIpc) is 3.33. The van der Waals surface area contributed by atoms with Crippen LogP contribution in [0.5, 0.6) is 5.75 Å². The summed E-state index contributed by atoms with van der Waals surface area (Å²) in [6, 6.07) is 5.84. The molecule has 25 heavy (non-hydrogen) atoms. The molecule has 2 fully saturated rings. The number of hydrogen-bond acceptors (Lipinski definition) is 3. The third-order valence-electron chi connectivity index (χ3n) is 4.73. The van der Waals surface area contributed by atoms with Crippen LogP contribution in [0.3, 0.4) is 0 Å². The maximum absolute atomic E-state index is 12.6. The molecule has 1 aromatic rings. The molecular formula is C17H18F3NO4. The molecule has 1 aliphatic heterocycles. The van der Waals surface area contributed by atoms with Crippen LogP contribution in [0.25, 0.3) is 0 Å². The molecule has 1 aliphatic carbocycles. The first-order chi connectivity index (χ1) is 11.8. The quantitative estimate of drug-likeness (QED) is 0.900. The Morgan fingerprint density at radius 2 is 1.96 bits per heavy atom. The third kappa shape index (κ3) is 4.05. The number of piperidine rings is 1. The lowest BCUT2D eigenvalue weighted by Gasteiger charge is -2.31. The van der Waals surface area contributed by atoms with E-state index in [1.165, 1.54) is 23.1 Å². The van der Waals surface area contributed by atoms with Gasteiger partial charge in [0.15, 0.2) is 0 Å². The number of aliphatic carboxylic acids is 1. The molecule has 1 aromatic carbocycles. The predicted molar refractivity (Wildman–Crippen MR) is 80.9 cm³/mol. The largest absolute Gasteiger partial charge is 0.573 e. The second-order valence-electron chi connectivity index (χ2n) is 6.50. The number of nitrogens with zero attached hydrogens (tertiary/aromatic N) is 1. The van der Waals surface area contributed by atoms with Crippen molar-refractivity contribution in [2.75, 3.05) is 13.1 Å². The number of halogens is 3. The molecule has 0 bridgehead atoms. The van der Waals surface area contributed by atoms with Crippen molar-refractivity contribution in [2.45, 2.75) is 31.5 Å². The van der Waals surface area contributed by atoms with E-state index < -0.39 is 24.2 Å². The van der Waals surface area contributed by atoms with Gasteiger partial charge in [0.25, 0.3) is 0 Å². The Labute approximate surface area is 142 Å². The first-order valence-electron chi connectivity index (χ1n) is 8.12. The van der Waals surface area contributed by atoms with Crippen molar-refractivity contribution in [3.05, 3.63) is 29.8 Å². The topological polar surface area (TPSA) is 66.8 Å². The highest BCUT2D eigenvalue weighted by Gasteiger charge is 2.48. The fourth-order valence-electron chi connectivity index (χ4n) is 3.43. The summed E-state index contributed by atoms with van der Waals surface area (Å²) in [5.74, 6) is -2.69. The average molecular weight is 357 g/mol. The summed E-state index contributed by atoms with van der Waals surface area (Å²) in [6.07, 6.45) is -3.18. The molecule has 0 spiro atoms. The van der Waals surface area contributed by atoms with Gasteiger partial charge in [-0.2, -0.15) is 0 Å². The van der Waals surface area contributed by atoms with E-state index in [4.69, 9.17) is 5.11 Å². The lowest BCUT2D eigenvalue weighted by Crippen LogP contribution is -2.43. The smallest absolute Gasteiger partial charge is 0.481 e. The zero-order valence-electron chi connectivity index (χ0n) is 13.3. The van der Waals surface area contributed by atoms with Gasteiger partial charge in [-0.15, -0.1) is 13.2 Å². The molecule has 1 N–H and O–H groups in total. The van der Waals surface area contributed by atoms with E-state index in [-0.39, 0.29) is 24.1 Å². The molecule has 5 nitrogen and oxygen atoms in total. The van der Waals surface area contributed by atoms with Crippen molar-refractivity contribution in [2.24, 2.45) is 11.8 Å². The number of alkyl halides is 3. The van der Waals surface area contributed by atoms with Crippen molar-refractivity contribution < 1.29 is 32.6 Å². The van der Waals surface area contributed by atoms with Gasteiger partial charge in [0.1, 0.15) is 5.75 Å². The Hall–Kier alpha value is -2.25. The van der Waals surface area contributed by atoms with Gasteiger partial charge in [0, 0.05) is 19.0 Å². The third-order valence-corrected chi connectivity index (χ3v) is 4.73. The summed E-state index contributed by atoms with van der Waals surface area (Å²) in [5, 5.41) is 9.11. The lowest BCUT2D eigenvalue weighted by molar-refractivity contribution is -0.274. The van der Waals surface area contributed by atoms with Crippen LogP contribution in [0.4, 0.5) is 13.2 Å². The molecule has 2 aliphatic rings. The predicted octanol–water partition coefficient (Wildman–Crippen LogP) is 3.01. The van der Waals surface area contributed by atoms with E-state index in [1.807, 2.05) is 0 Å². The molecule has 3 unspecified atom stereocenters. The number of amides is 1. The van der Waals surface area contributed by atoms with Gasteiger partial charge < -0.3 is 14.7 Å². The van der Waals surface area contributed by atoms with Gasteiger partial charge >= 0.3 is 12.3 Å². The number of carbonyl (C=O) groups excluding carboxylic acids is 1. The van der Waals surface area contributed by atoms with Crippen molar-refractivity contribution in [3.8, 4) is 5.75 Å². The molecule has 1 saturated carbocycles. The van der Waals surface area contributed by atoms with Crippen LogP contribution in [0.2, 0.25) is 0 Å². The van der Waals surface area contributed by atoms with E-state index in [0.29, 0.717) is 31.4 Å². The molecule has 8 heteroatoms. The number of ether oxygens (including phenoxy) is 1. The Bertz CT molecular complexity index is 676. The van der Waals surface area contributed by atoms with E-state index in [1.54, 1.807) is 6.07 Å². The Kier molecular flexibility index (Phi) is 4.62. The van der Waals surface area contributed by atoms with Crippen LogP contribution >= 0.6 is 0 Å². The molecule has 1 saturated heterocycles. The number of para-hydroxylation sites is 1. The van der Waals surface area contributed by atoms with Gasteiger partial charge in [-0.3, -0.25) is 9.59 Å². The van der Waals surface area contributed by atoms with Crippen LogP contribution in [-0.4, -0.2) is 41.3 Å². The summed E-state index contributed by atoms with van der Waals surface area (Å²) < 4.78 is 41.6. The van der Waals surface area contributed by atoms with Crippen molar-refractivity contribution >= 4 is 11.9 Å². The molecule has 3 atom stereocenters. The summed E-state index contributed by atoms with van der Waals surface area (Å²) in [7, 11) is 0. The maximum Gasteiger partial charge on any atom is 0.573 e. The molecule has 0 aromatic heterocycles. The second-order valence-corrected chi connectivity index (χ2v) is 6.50. The van der Waals surface area contributed by atoms with Gasteiger partial charge in [-0.1, -0.05) is 18.2 Å². The number of likely N-dealkylation sites (tertiary alicyclic amines) is 1. The van der Waals surface area contributed by atoms with Crippen molar-refractivity contribution in [1.82, 2.24) is 4.90 Å². The molecule has 0 radical (unpaired) electrons. The normalized spacial score (nSPS) is 26.2. The maximum atomic E-state index is 12.6. The number of carbonyl (C=O) groups is 2. The van der Waals surface area contributed by atoms with Gasteiger partial charge in [-0.25, -0.2) is 0 Å². The minimum Gasteiger partial charge on any atom is -0.481 e. The standard InChI is InChI=1S/C17H18F3NO4/c18-17(19,20)25-14-6-2-1-5-11(14)12-8-13(12)15(22)21-7-3-4-10(9-21)16(23)24/h1-2,5-6,10,12-13H,3-4,7-9H2,(H,23,24). The van der Waals surface area contributed by atoms with Crippen molar-refractivity contribution in [1.29, 1.82) is 0 Å². The fraction of sp³-hybridized carbons (Fsp3) is 0.529. The highest BCUT2D eigenvalue weighted by molar-refractivity contribution is 5.84. The van der Waals surface area contributed by atoms with Crippen molar-refractivity contribution in [3.63, 3.8) is 0 Å². The molecular weight excluding hydrogens is 339 g/mol. The number of carboxylic acid groups (broad SMARTS) is 1. The lowest BCUT2D eigenvalue weighted by atomic mass is 9.97. The van der Waals surface area contributed by atoms with Crippen LogP contribution in [0.15, 0.2) is 24.3 Å².